The lowest BCUT2D eigenvalue weighted by molar-refractivity contribution is -0.140. The summed E-state index contributed by atoms with van der Waals surface area (Å²) in [7, 11) is -4.19. The quantitative estimate of drug-likeness (QED) is 0.187. The Morgan fingerprint density at radius 3 is 2.16 bits per heavy atom. The summed E-state index contributed by atoms with van der Waals surface area (Å²) in [5.74, 6) is -0.792. The molecule has 0 aromatic heterocycles. The van der Waals surface area contributed by atoms with E-state index < -0.39 is 28.5 Å². The van der Waals surface area contributed by atoms with Crippen molar-refractivity contribution >= 4 is 39.1 Å². The number of nitrogens with one attached hydrogen (secondary N) is 1. The van der Waals surface area contributed by atoms with E-state index in [1.807, 2.05) is 74.5 Å². The maximum atomic E-state index is 14.5. The first-order chi connectivity index (χ1) is 21.1. The number of amides is 2. The highest BCUT2D eigenvalue weighted by Crippen LogP contribution is 2.28. The van der Waals surface area contributed by atoms with Crippen LogP contribution >= 0.6 is 11.6 Å². The summed E-state index contributed by atoms with van der Waals surface area (Å²) in [5.41, 5.74) is 3.79. The molecule has 0 radical (unpaired) electrons. The molecule has 0 heterocycles. The molecule has 2 amide bonds. The van der Waals surface area contributed by atoms with Crippen molar-refractivity contribution in [2.75, 3.05) is 17.4 Å². The zero-order valence-electron chi connectivity index (χ0n) is 25.2. The van der Waals surface area contributed by atoms with Gasteiger partial charge in [0.1, 0.15) is 12.6 Å². The number of nitrogens with zero attached hydrogens (tertiary/aromatic N) is 2. The van der Waals surface area contributed by atoms with Crippen LogP contribution in [0.5, 0.6) is 0 Å². The second-order valence-electron chi connectivity index (χ2n) is 10.8. The monoisotopic (exact) mass is 631 g/mol. The normalized spacial score (nSPS) is 11.9. The Kier molecular flexibility index (Phi) is 11.2. The summed E-state index contributed by atoms with van der Waals surface area (Å²) in [4.78, 5) is 29.7. The van der Waals surface area contributed by atoms with E-state index >= 15 is 0 Å². The minimum atomic E-state index is -4.19. The van der Waals surface area contributed by atoms with Gasteiger partial charge in [-0.3, -0.25) is 13.9 Å². The van der Waals surface area contributed by atoms with Gasteiger partial charge in [0.15, 0.2) is 0 Å². The van der Waals surface area contributed by atoms with Crippen LogP contribution in [0.25, 0.3) is 0 Å². The van der Waals surface area contributed by atoms with Crippen LogP contribution in [0.1, 0.15) is 35.6 Å². The van der Waals surface area contributed by atoms with E-state index in [2.05, 4.69) is 5.32 Å². The van der Waals surface area contributed by atoms with Crippen molar-refractivity contribution in [3.05, 3.63) is 130 Å². The number of hydrogen-bond donors (Lipinski definition) is 1. The maximum absolute atomic E-state index is 14.5. The molecule has 230 valence electrons. The number of halogens is 1. The SMILES string of the molecule is CCCNC(=O)C(Cc1ccccc1)N(Cc1cccc(C)c1)C(=O)CN(c1ccccc1C)S(=O)(=O)c1ccc(Cl)cc1. The number of sulfonamides is 1. The molecule has 1 unspecified atom stereocenters. The number of anilines is 1. The second kappa shape index (κ2) is 15.0. The van der Waals surface area contributed by atoms with Crippen LogP contribution in [0, 0.1) is 13.8 Å². The molecule has 0 aliphatic rings. The smallest absolute Gasteiger partial charge is 0.264 e. The Bertz CT molecular complexity index is 1680. The number of hydrogen-bond acceptors (Lipinski definition) is 4. The third-order valence-corrected chi connectivity index (χ3v) is 9.35. The van der Waals surface area contributed by atoms with Crippen LogP contribution < -0.4 is 9.62 Å². The highest BCUT2D eigenvalue weighted by Gasteiger charge is 2.35. The second-order valence-corrected chi connectivity index (χ2v) is 13.1. The van der Waals surface area contributed by atoms with Gasteiger partial charge in [0.25, 0.3) is 10.0 Å². The highest BCUT2D eigenvalue weighted by atomic mass is 35.5. The first-order valence-corrected chi connectivity index (χ1v) is 16.4. The van der Waals surface area contributed by atoms with Gasteiger partial charge in [-0.1, -0.05) is 96.9 Å². The van der Waals surface area contributed by atoms with Gasteiger partial charge in [-0.25, -0.2) is 8.42 Å². The van der Waals surface area contributed by atoms with Crippen molar-refractivity contribution in [1.29, 1.82) is 0 Å². The van der Waals surface area contributed by atoms with E-state index in [1.54, 1.807) is 25.1 Å². The van der Waals surface area contributed by atoms with Crippen LogP contribution in [-0.2, 0) is 32.6 Å². The van der Waals surface area contributed by atoms with E-state index in [1.165, 1.54) is 29.2 Å². The van der Waals surface area contributed by atoms with Crippen molar-refractivity contribution in [3.8, 4) is 0 Å². The summed E-state index contributed by atoms with van der Waals surface area (Å²) >= 11 is 6.06. The minimum Gasteiger partial charge on any atom is -0.354 e. The van der Waals surface area contributed by atoms with Gasteiger partial charge in [-0.15, -0.1) is 0 Å². The Labute approximate surface area is 265 Å². The van der Waals surface area contributed by atoms with Gasteiger partial charge in [-0.05, 0) is 67.3 Å². The van der Waals surface area contributed by atoms with Crippen molar-refractivity contribution in [2.24, 2.45) is 0 Å². The average molecular weight is 632 g/mol. The number of para-hydroxylation sites is 1. The predicted molar refractivity (Wildman–Crippen MR) is 176 cm³/mol. The van der Waals surface area contributed by atoms with Crippen LogP contribution in [-0.4, -0.2) is 44.3 Å². The third kappa shape index (κ3) is 8.27. The maximum Gasteiger partial charge on any atom is 0.264 e. The van der Waals surface area contributed by atoms with E-state index in [-0.39, 0.29) is 23.8 Å². The molecule has 1 N–H and O–H groups in total. The molecule has 7 nitrogen and oxygen atoms in total. The van der Waals surface area contributed by atoms with Gasteiger partial charge in [-0.2, -0.15) is 0 Å². The summed E-state index contributed by atoms with van der Waals surface area (Å²) in [6.07, 6.45) is 0.998. The Hall–Kier alpha value is -4.14. The zero-order chi connectivity index (χ0) is 31.7. The van der Waals surface area contributed by atoms with Crippen LogP contribution in [0.3, 0.4) is 0 Å². The molecule has 0 aliphatic carbocycles. The molecule has 0 fully saturated rings. The van der Waals surface area contributed by atoms with Crippen molar-refractivity contribution < 1.29 is 18.0 Å². The number of rotatable bonds is 13. The van der Waals surface area contributed by atoms with Crippen molar-refractivity contribution in [2.45, 2.75) is 51.1 Å². The standard InChI is InChI=1S/C35H38ClN3O4S/c1-4-21-37-35(41)33(23-28-13-6-5-7-14-28)38(24-29-15-10-11-26(2)22-29)34(40)25-39(32-16-9-8-12-27(32)3)44(42,43)31-19-17-30(36)18-20-31/h5-20,22,33H,4,21,23-25H2,1-3H3,(H,37,41). The van der Waals surface area contributed by atoms with E-state index in [9.17, 15) is 18.0 Å². The lowest BCUT2D eigenvalue weighted by atomic mass is 10.0. The fourth-order valence-corrected chi connectivity index (χ4v) is 6.62. The molecule has 0 saturated carbocycles. The molecular formula is C35H38ClN3O4S. The number of aryl methyl sites for hydroxylation is 2. The van der Waals surface area contributed by atoms with Crippen LogP contribution in [0.2, 0.25) is 5.02 Å². The fraction of sp³-hybridized carbons (Fsp3) is 0.257. The number of benzene rings is 4. The number of carbonyl (C=O) groups excluding carboxylic acids is 2. The molecule has 0 bridgehead atoms. The summed E-state index contributed by atoms with van der Waals surface area (Å²) < 4.78 is 29.4. The predicted octanol–water partition coefficient (Wildman–Crippen LogP) is 6.32. The van der Waals surface area contributed by atoms with E-state index in [0.717, 1.165) is 27.4 Å². The lowest BCUT2D eigenvalue weighted by Gasteiger charge is -2.34. The Balaban J connectivity index is 1.80. The van der Waals surface area contributed by atoms with Crippen molar-refractivity contribution in [3.63, 3.8) is 0 Å². The fourth-order valence-electron chi connectivity index (χ4n) is 5.02. The summed E-state index contributed by atoms with van der Waals surface area (Å²) in [5, 5.41) is 3.36. The molecule has 0 saturated heterocycles. The third-order valence-electron chi connectivity index (χ3n) is 7.32. The molecule has 0 aliphatic heterocycles. The molecule has 4 aromatic rings. The van der Waals surface area contributed by atoms with Gasteiger partial charge in [0, 0.05) is 24.5 Å². The summed E-state index contributed by atoms with van der Waals surface area (Å²) in [6.45, 7) is 5.80. The molecule has 9 heteroatoms. The Morgan fingerprint density at radius 2 is 1.50 bits per heavy atom. The van der Waals surface area contributed by atoms with Gasteiger partial charge in [0.2, 0.25) is 11.8 Å². The van der Waals surface area contributed by atoms with E-state index in [4.69, 9.17) is 11.6 Å². The molecule has 4 rings (SSSR count). The largest absolute Gasteiger partial charge is 0.354 e. The van der Waals surface area contributed by atoms with Gasteiger partial charge in [0.05, 0.1) is 10.6 Å². The molecule has 0 spiro atoms. The first kappa shape index (κ1) is 32.8. The van der Waals surface area contributed by atoms with Crippen LogP contribution in [0.4, 0.5) is 5.69 Å². The Morgan fingerprint density at radius 1 is 0.841 bits per heavy atom. The lowest BCUT2D eigenvalue weighted by Crippen LogP contribution is -2.53. The highest BCUT2D eigenvalue weighted by molar-refractivity contribution is 7.92. The van der Waals surface area contributed by atoms with E-state index in [0.29, 0.717) is 22.8 Å². The average Bonchev–Trinajstić information content (AvgIpc) is 3.01. The van der Waals surface area contributed by atoms with Crippen molar-refractivity contribution in [1.82, 2.24) is 10.2 Å². The topological polar surface area (TPSA) is 86.8 Å². The van der Waals surface area contributed by atoms with Gasteiger partial charge >= 0.3 is 0 Å². The van der Waals surface area contributed by atoms with Crippen LogP contribution in [0.15, 0.2) is 108 Å². The summed E-state index contributed by atoms with van der Waals surface area (Å²) in [6, 6.07) is 29.2. The molecule has 44 heavy (non-hydrogen) atoms. The minimum absolute atomic E-state index is 0.00436. The van der Waals surface area contributed by atoms with Gasteiger partial charge < -0.3 is 10.2 Å². The zero-order valence-corrected chi connectivity index (χ0v) is 26.8. The molecular weight excluding hydrogens is 594 g/mol. The number of carbonyl (C=O) groups is 2. The molecule has 1 atom stereocenters. The first-order valence-electron chi connectivity index (χ1n) is 14.6. The molecule has 4 aromatic carbocycles.